The van der Waals surface area contributed by atoms with Crippen LogP contribution in [0.2, 0.25) is 0 Å². The highest BCUT2D eigenvalue weighted by atomic mass is 127. The van der Waals surface area contributed by atoms with Crippen LogP contribution in [0.4, 0.5) is 0 Å². The molecule has 0 radical (unpaired) electrons. The molecule has 10 heteroatoms. The molecule has 1 N–H and O–H groups in total. The van der Waals surface area contributed by atoms with Gasteiger partial charge < -0.3 is 23.2 Å². The van der Waals surface area contributed by atoms with Crippen LogP contribution < -0.4 is 19.6 Å². The third-order valence-electron chi connectivity index (χ3n) is 5.63. The average Bonchev–Trinajstić information content (AvgIpc) is 3.53. The predicted molar refractivity (Wildman–Crippen MR) is 155 cm³/mol. The number of carbonyl (C=O) groups excluding carboxylic acids is 1. The molecule has 39 heavy (non-hydrogen) atoms. The number of nitrogens with one attached hydrogen (secondary N) is 1. The molecule has 2 aromatic carbocycles. The van der Waals surface area contributed by atoms with Gasteiger partial charge in [-0.05, 0) is 110 Å². The van der Waals surface area contributed by atoms with Crippen molar-refractivity contribution in [2.24, 2.45) is 5.10 Å². The summed E-state index contributed by atoms with van der Waals surface area (Å²) in [5.74, 6) is 1.81. The fraction of sp³-hybridized carbons (Fsp3) is 0.207. The second kappa shape index (κ2) is 13.0. The normalized spacial score (nSPS) is 10.8. The monoisotopic (exact) mass is 638 g/mol. The molecule has 0 saturated carbocycles. The van der Waals surface area contributed by atoms with E-state index in [1.807, 2.05) is 37.3 Å². The minimum atomic E-state index is -0.493. The quantitative estimate of drug-likeness (QED) is 0.124. The van der Waals surface area contributed by atoms with Gasteiger partial charge in [-0.1, -0.05) is 0 Å². The van der Waals surface area contributed by atoms with Gasteiger partial charge in [-0.3, -0.25) is 4.79 Å². The Balaban J connectivity index is 1.33. The number of rotatable bonds is 11. The van der Waals surface area contributed by atoms with Gasteiger partial charge >= 0.3 is 5.91 Å². The van der Waals surface area contributed by atoms with Crippen LogP contribution in [0.3, 0.4) is 0 Å². The van der Waals surface area contributed by atoms with Crippen molar-refractivity contribution in [1.29, 1.82) is 5.26 Å². The molecule has 1 amide bonds. The van der Waals surface area contributed by atoms with Crippen molar-refractivity contribution in [3.63, 3.8) is 0 Å². The maximum Gasteiger partial charge on any atom is 0.307 e. The van der Waals surface area contributed by atoms with Crippen LogP contribution >= 0.6 is 22.6 Å². The predicted octanol–water partition coefficient (Wildman–Crippen LogP) is 5.94. The van der Waals surface area contributed by atoms with E-state index in [9.17, 15) is 4.79 Å². The van der Waals surface area contributed by atoms with Crippen molar-refractivity contribution in [2.45, 2.75) is 27.4 Å². The number of halogens is 1. The fourth-order valence-corrected chi connectivity index (χ4v) is 4.67. The summed E-state index contributed by atoms with van der Waals surface area (Å²) in [4.78, 5) is 12.5. The van der Waals surface area contributed by atoms with Gasteiger partial charge in [0.15, 0.2) is 23.9 Å². The van der Waals surface area contributed by atoms with E-state index < -0.39 is 5.91 Å². The number of aryl methyl sites for hydroxylation is 2. The summed E-state index contributed by atoms with van der Waals surface area (Å²) in [5.41, 5.74) is 6.54. The van der Waals surface area contributed by atoms with Crippen LogP contribution in [-0.2, 0) is 6.61 Å². The number of aromatic nitrogens is 1. The van der Waals surface area contributed by atoms with Gasteiger partial charge in [0.05, 0.1) is 16.4 Å². The summed E-state index contributed by atoms with van der Waals surface area (Å²) in [6, 6.07) is 20.7. The standard InChI is InChI=1S/C29H27IN4O5/c1-4-36-27-16-21(15-25(30)28(27)37-14-13-31)17-32-33-29(35)26-12-11-24(39-26)18-38-23-9-7-22(8-10-23)34-19(2)5-6-20(34)3/h5-12,15-17H,4,14,18H2,1-3H3,(H,33,35)/b32-17+. The maximum absolute atomic E-state index is 12.5. The first kappa shape index (κ1) is 27.8. The van der Waals surface area contributed by atoms with Gasteiger partial charge in [-0.25, -0.2) is 5.43 Å². The Morgan fingerprint density at radius 2 is 1.82 bits per heavy atom. The summed E-state index contributed by atoms with van der Waals surface area (Å²) in [6.45, 7) is 6.51. The molecule has 2 heterocycles. The number of nitriles is 1. The second-order valence-corrected chi connectivity index (χ2v) is 9.57. The van der Waals surface area contributed by atoms with E-state index in [1.165, 1.54) is 6.21 Å². The molecule has 0 spiro atoms. The molecule has 0 bridgehead atoms. The largest absolute Gasteiger partial charge is 0.490 e. The Morgan fingerprint density at radius 1 is 1.08 bits per heavy atom. The number of furan rings is 1. The van der Waals surface area contributed by atoms with Gasteiger partial charge in [0.1, 0.15) is 24.2 Å². The van der Waals surface area contributed by atoms with Gasteiger partial charge in [-0.15, -0.1) is 0 Å². The maximum atomic E-state index is 12.5. The minimum Gasteiger partial charge on any atom is -0.490 e. The SMILES string of the molecule is CCOc1cc(/C=N/NC(=O)c2ccc(COc3ccc(-n4c(C)ccc4C)cc3)o2)cc(I)c1OCC#N. The van der Waals surface area contributed by atoms with E-state index in [-0.39, 0.29) is 19.0 Å². The molecule has 4 rings (SSSR count). The average molecular weight is 638 g/mol. The molecule has 0 aliphatic carbocycles. The van der Waals surface area contributed by atoms with E-state index >= 15 is 0 Å². The second-order valence-electron chi connectivity index (χ2n) is 8.41. The molecule has 0 unspecified atom stereocenters. The van der Waals surface area contributed by atoms with Crippen molar-refractivity contribution in [3.8, 4) is 29.0 Å². The number of benzene rings is 2. The van der Waals surface area contributed by atoms with Crippen LogP contribution in [-0.4, -0.2) is 29.9 Å². The first-order valence-corrected chi connectivity index (χ1v) is 13.2. The number of hydrogen-bond acceptors (Lipinski definition) is 7. The molecular formula is C29H27IN4O5. The van der Waals surface area contributed by atoms with Crippen LogP contribution in [0, 0.1) is 28.7 Å². The van der Waals surface area contributed by atoms with Gasteiger partial charge in [-0.2, -0.15) is 10.4 Å². The molecule has 0 aliphatic rings. The van der Waals surface area contributed by atoms with Crippen LogP contribution in [0.5, 0.6) is 17.2 Å². The van der Waals surface area contributed by atoms with E-state index in [2.05, 4.69) is 63.7 Å². The van der Waals surface area contributed by atoms with Crippen LogP contribution in [0.25, 0.3) is 5.69 Å². The van der Waals surface area contributed by atoms with Gasteiger partial charge in [0.25, 0.3) is 0 Å². The summed E-state index contributed by atoms with van der Waals surface area (Å²) in [5, 5.41) is 12.8. The molecular weight excluding hydrogens is 611 g/mol. The highest BCUT2D eigenvalue weighted by molar-refractivity contribution is 14.1. The van der Waals surface area contributed by atoms with Crippen LogP contribution in [0.1, 0.15) is 40.2 Å². The first-order chi connectivity index (χ1) is 18.9. The highest BCUT2D eigenvalue weighted by Gasteiger charge is 2.13. The number of hydrogen-bond donors (Lipinski definition) is 1. The Bertz CT molecular complexity index is 1500. The zero-order chi connectivity index (χ0) is 27.8. The van der Waals surface area contributed by atoms with E-state index in [0.29, 0.717) is 35.2 Å². The van der Waals surface area contributed by atoms with E-state index in [4.69, 9.17) is 23.9 Å². The molecule has 2 aromatic heterocycles. The zero-order valence-electron chi connectivity index (χ0n) is 21.7. The molecule has 9 nitrogen and oxygen atoms in total. The summed E-state index contributed by atoms with van der Waals surface area (Å²) >= 11 is 2.10. The highest BCUT2D eigenvalue weighted by Crippen LogP contribution is 2.34. The van der Waals surface area contributed by atoms with Crippen molar-refractivity contribution in [2.75, 3.05) is 13.2 Å². The lowest BCUT2D eigenvalue weighted by Crippen LogP contribution is -2.16. The number of hydrazone groups is 1. The van der Waals surface area contributed by atoms with E-state index in [0.717, 1.165) is 20.6 Å². The minimum absolute atomic E-state index is 0.0875. The lowest BCUT2D eigenvalue weighted by atomic mass is 10.2. The molecule has 4 aromatic rings. The third kappa shape index (κ3) is 7.00. The summed E-state index contributed by atoms with van der Waals surface area (Å²) < 4.78 is 25.5. The number of amides is 1. The lowest BCUT2D eigenvalue weighted by molar-refractivity contribution is 0.0923. The topological polar surface area (TPSA) is 111 Å². The Kier molecular flexibility index (Phi) is 9.27. The Hall–Kier alpha value is -4.24. The van der Waals surface area contributed by atoms with Crippen molar-refractivity contribution < 1.29 is 23.4 Å². The lowest BCUT2D eigenvalue weighted by Gasteiger charge is -2.12. The van der Waals surface area contributed by atoms with Gasteiger partial charge in [0, 0.05) is 17.1 Å². The molecule has 0 saturated heterocycles. The van der Waals surface area contributed by atoms with Crippen molar-refractivity contribution in [3.05, 3.63) is 92.7 Å². The number of nitrogens with zero attached hydrogens (tertiary/aromatic N) is 3. The zero-order valence-corrected chi connectivity index (χ0v) is 23.9. The fourth-order valence-electron chi connectivity index (χ4n) is 3.89. The van der Waals surface area contributed by atoms with Crippen molar-refractivity contribution >= 4 is 34.7 Å². The van der Waals surface area contributed by atoms with Crippen molar-refractivity contribution in [1.82, 2.24) is 9.99 Å². The molecule has 0 atom stereocenters. The molecule has 0 fully saturated rings. The summed E-state index contributed by atoms with van der Waals surface area (Å²) in [7, 11) is 0. The summed E-state index contributed by atoms with van der Waals surface area (Å²) in [6.07, 6.45) is 1.49. The third-order valence-corrected chi connectivity index (χ3v) is 6.43. The number of ether oxygens (including phenoxy) is 3. The van der Waals surface area contributed by atoms with Crippen LogP contribution in [0.15, 0.2) is 70.2 Å². The molecule has 200 valence electrons. The Morgan fingerprint density at radius 3 is 2.51 bits per heavy atom. The van der Waals surface area contributed by atoms with Gasteiger partial charge in [0.2, 0.25) is 0 Å². The Labute approximate surface area is 240 Å². The van der Waals surface area contributed by atoms with E-state index in [1.54, 1.807) is 24.3 Å². The smallest absolute Gasteiger partial charge is 0.307 e. The number of carbonyl (C=O) groups is 1. The first-order valence-electron chi connectivity index (χ1n) is 12.2. The molecule has 0 aliphatic heterocycles.